The van der Waals surface area contributed by atoms with Gasteiger partial charge in [-0.25, -0.2) is 4.79 Å². The first-order valence-electron chi connectivity index (χ1n) is 12.6. The molecular formula is C26H34ClN5O4. The number of nitrogens with zero attached hydrogens (tertiary/aromatic N) is 4. The van der Waals surface area contributed by atoms with Crippen molar-refractivity contribution in [3.8, 4) is 6.07 Å². The monoisotopic (exact) mass is 515 g/mol. The lowest BCUT2D eigenvalue weighted by atomic mass is 9.69. The number of carbonyl (C=O) groups is 3. The largest absolute Gasteiger partial charge is 0.453 e. The molecule has 3 amide bonds. The van der Waals surface area contributed by atoms with Gasteiger partial charge in [-0.15, -0.1) is 0 Å². The van der Waals surface area contributed by atoms with E-state index < -0.39 is 0 Å². The highest BCUT2D eigenvalue weighted by molar-refractivity contribution is 6.31. The van der Waals surface area contributed by atoms with Gasteiger partial charge in [0.15, 0.2) is 0 Å². The minimum Gasteiger partial charge on any atom is -0.453 e. The van der Waals surface area contributed by atoms with Crippen molar-refractivity contribution < 1.29 is 19.1 Å². The maximum atomic E-state index is 13.4. The zero-order valence-corrected chi connectivity index (χ0v) is 21.7. The Hall–Kier alpha value is -2.83. The number of rotatable bonds is 5. The smallest absolute Gasteiger partial charge is 0.409 e. The summed E-state index contributed by atoms with van der Waals surface area (Å²) in [6.45, 7) is 2.15. The molecule has 9 nitrogen and oxygen atoms in total. The first-order valence-corrected chi connectivity index (χ1v) is 13.0. The number of ether oxygens (including phenoxy) is 1. The summed E-state index contributed by atoms with van der Waals surface area (Å²) in [6, 6.07) is 7.31. The van der Waals surface area contributed by atoms with Crippen molar-refractivity contribution in [3.05, 3.63) is 34.3 Å². The Balaban J connectivity index is 1.31. The molecule has 1 aromatic carbocycles. The quantitative estimate of drug-likeness (QED) is 0.646. The molecule has 4 rings (SSSR count). The first-order chi connectivity index (χ1) is 17.3. The van der Waals surface area contributed by atoms with Crippen molar-refractivity contribution in [1.82, 2.24) is 20.0 Å². The summed E-state index contributed by atoms with van der Waals surface area (Å²) >= 11 is 6.12. The molecule has 1 N–H and O–H groups in total. The molecule has 1 saturated carbocycles. The van der Waals surface area contributed by atoms with Crippen molar-refractivity contribution in [2.45, 2.75) is 44.7 Å². The standard InChI is InChI=1S/C26H34ClN5O4/c1-30(14-17-3-4-20(13-28)22(27)11-17)24(33)15-32-16-29-23-6-5-19(12-21(23)25(32)34)18-7-9-31(10-8-18)26(35)36-2/h3-4,11,18-19,21,23,29H,5-10,12,14-16H2,1-2H3. The van der Waals surface area contributed by atoms with Crippen LogP contribution in [-0.4, -0.2) is 79.1 Å². The number of nitrogens with one attached hydrogen (secondary N) is 1. The fourth-order valence-electron chi connectivity index (χ4n) is 5.90. The Kier molecular flexibility index (Phi) is 8.37. The number of likely N-dealkylation sites (tertiary alicyclic amines) is 1. The summed E-state index contributed by atoms with van der Waals surface area (Å²) < 4.78 is 4.84. The van der Waals surface area contributed by atoms with Crippen molar-refractivity contribution in [2.75, 3.05) is 40.5 Å². The van der Waals surface area contributed by atoms with Gasteiger partial charge in [-0.05, 0) is 61.6 Å². The van der Waals surface area contributed by atoms with Gasteiger partial charge in [-0.2, -0.15) is 5.26 Å². The number of amides is 3. The number of piperidine rings is 1. The second-order valence-electron chi connectivity index (χ2n) is 10.2. The third-order valence-electron chi connectivity index (χ3n) is 8.03. The molecule has 194 valence electrons. The summed E-state index contributed by atoms with van der Waals surface area (Å²) in [4.78, 5) is 43.1. The summed E-state index contributed by atoms with van der Waals surface area (Å²) in [5, 5.41) is 12.9. The molecule has 0 radical (unpaired) electrons. The van der Waals surface area contributed by atoms with Crippen LogP contribution in [0.1, 0.15) is 43.2 Å². The number of fused-ring (bicyclic) bond motifs is 1. The molecule has 0 spiro atoms. The second kappa shape index (κ2) is 11.5. The van der Waals surface area contributed by atoms with E-state index in [1.165, 1.54) is 7.11 Å². The van der Waals surface area contributed by atoms with Gasteiger partial charge in [-0.1, -0.05) is 17.7 Å². The average molecular weight is 516 g/mol. The van der Waals surface area contributed by atoms with Crippen LogP contribution in [0.3, 0.4) is 0 Å². The van der Waals surface area contributed by atoms with E-state index in [2.05, 4.69) is 5.32 Å². The van der Waals surface area contributed by atoms with E-state index in [0.29, 0.717) is 48.7 Å². The van der Waals surface area contributed by atoms with Gasteiger partial charge in [0.1, 0.15) is 12.6 Å². The number of hydrogen-bond acceptors (Lipinski definition) is 6. The number of carbonyl (C=O) groups excluding carboxylic acids is 3. The predicted octanol–water partition coefficient (Wildman–Crippen LogP) is 2.82. The van der Waals surface area contributed by atoms with E-state index in [-0.39, 0.29) is 36.4 Å². The number of hydrogen-bond donors (Lipinski definition) is 1. The molecule has 0 bridgehead atoms. The highest BCUT2D eigenvalue weighted by Crippen LogP contribution is 2.40. The fraction of sp³-hybridized carbons (Fsp3) is 0.615. The molecule has 3 aliphatic rings. The van der Waals surface area contributed by atoms with Gasteiger partial charge >= 0.3 is 6.09 Å². The Morgan fingerprint density at radius 2 is 1.97 bits per heavy atom. The summed E-state index contributed by atoms with van der Waals surface area (Å²) in [5.74, 6) is 0.745. The predicted molar refractivity (Wildman–Crippen MR) is 134 cm³/mol. The lowest BCUT2D eigenvalue weighted by molar-refractivity contribution is -0.148. The molecule has 3 atom stereocenters. The highest BCUT2D eigenvalue weighted by atomic mass is 35.5. The Bertz CT molecular complexity index is 1040. The van der Waals surface area contributed by atoms with Crippen LogP contribution in [0.2, 0.25) is 5.02 Å². The lowest BCUT2D eigenvalue weighted by Gasteiger charge is -2.46. The van der Waals surface area contributed by atoms with Crippen molar-refractivity contribution in [1.29, 1.82) is 5.26 Å². The molecule has 2 aliphatic heterocycles. The van der Waals surface area contributed by atoms with Crippen LogP contribution in [0, 0.1) is 29.1 Å². The molecule has 2 heterocycles. The van der Waals surface area contributed by atoms with E-state index in [1.807, 2.05) is 6.07 Å². The number of likely N-dealkylation sites (N-methyl/N-ethyl adjacent to an activating group) is 1. The van der Waals surface area contributed by atoms with E-state index >= 15 is 0 Å². The van der Waals surface area contributed by atoms with Crippen molar-refractivity contribution in [2.24, 2.45) is 17.8 Å². The zero-order chi connectivity index (χ0) is 25.8. The van der Waals surface area contributed by atoms with Crippen LogP contribution in [0.5, 0.6) is 0 Å². The van der Waals surface area contributed by atoms with E-state index in [9.17, 15) is 14.4 Å². The third-order valence-corrected chi connectivity index (χ3v) is 8.34. The van der Waals surface area contributed by atoms with Gasteiger partial charge in [-0.3, -0.25) is 14.9 Å². The molecular weight excluding hydrogens is 482 g/mol. The number of methoxy groups -OCH3 is 1. The molecule has 1 aliphatic carbocycles. The Morgan fingerprint density at radius 3 is 2.64 bits per heavy atom. The number of nitriles is 1. The minimum atomic E-state index is -0.267. The number of benzene rings is 1. The van der Waals surface area contributed by atoms with Gasteiger partial charge in [0.25, 0.3) is 0 Å². The topological polar surface area (TPSA) is 106 Å². The van der Waals surface area contributed by atoms with Crippen LogP contribution in [-0.2, 0) is 20.9 Å². The van der Waals surface area contributed by atoms with E-state index in [0.717, 1.165) is 37.7 Å². The first kappa shape index (κ1) is 26.2. The SMILES string of the molecule is COC(=O)N1CCC(C2CCC3NCN(CC(=O)N(C)Cc4ccc(C#N)c(Cl)c4)C(=O)C3C2)CC1. The van der Waals surface area contributed by atoms with Crippen molar-refractivity contribution in [3.63, 3.8) is 0 Å². The van der Waals surface area contributed by atoms with Crippen LogP contribution in [0.4, 0.5) is 4.79 Å². The van der Waals surface area contributed by atoms with Crippen LogP contribution in [0.15, 0.2) is 18.2 Å². The van der Waals surface area contributed by atoms with Crippen LogP contribution in [0.25, 0.3) is 0 Å². The maximum Gasteiger partial charge on any atom is 0.409 e. The molecule has 10 heteroatoms. The zero-order valence-electron chi connectivity index (χ0n) is 20.9. The van der Waals surface area contributed by atoms with Crippen molar-refractivity contribution >= 4 is 29.5 Å². The molecule has 36 heavy (non-hydrogen) atoms. The summed E-state index contributed by atoms with van der Waals surface area (Å²) in [7, 11) is 3.12. The average Bonchev–Trinajstić information content (AvgIpc) is 2.89. The third kappa shape index (κ3) is 5.76. The summed E-state index contributed by atoms with van der Waals surface area (Å²) in [5.41, 5.74) is 1.22. The van der Waals surface area contributed by atoms with Gasteiger partial charge in [0, 0.05) is 32.7 Å². The highest BCUT2D eigenvalue weighted by Gasteiger charge is 2.43. The Morgan fingerprint density at radius 1 is 1.22 bits per heavy atom. The minimum absolute atomic E-state index is 0.0255. The van der Waals surface area contributed by atoms with E-state index in [4.69, 9.17) is 21.6 Å². The van der Waals surface area contributed by atoms with Gasteiger partial charge < -0.3 is 19.4 Å². The van der Waals surface area contributed by atoms with E-state index in [1.54, 1.807) is 39.9 Å². The number of halogens is 1. The summed E-state index contributed by atoms with van der Waals surface area (Å²) in [6.07, 6.45) is 4.47. The Labute approximate surface area is 217 Å². The fourth-order valence-corrected chi connectivity index (χ4v) is 6.14. The maximum absolute atomic E-state index is 13.4. The molecule has 2 saturated heterocycles. The normalized spacial score (nSPS) is 24.6. The molecule has 0 aromatic heterocycles. The molecule has 1 aromatic rings. The van der Waals surface area contributed by atoms with Crippen LogP contribution < -0.4 is 5.32 Å². The second-order valence-corrected chi connectivity index (χ2v) is 10.6. The van der Waals surface area contributed by atoms with Gasteiger partial charge in [0.05, 0.1) is 30.3 Å². The van der Waals surface area contributed by atoms with Gasteiger partial charge in [0.2, 0.25) is 11.8 Å². The van der Waals surface area contributed by atoms with Crippen LogP contribution >= 0.6 is 11.6 Å². The molecule has 3 fully saturated rings. The lowest BCUT2D eigenvalue weighted by Crippen LogP contribution is -2.60. The molecule has 3 unspecified atom stereocenters.